The van der Waals surface area contributed by atoms with Crippen LogP contribution in [0.4, 0.5) is 5.69 Å². The fraction of sp³-hybridized carbons (Fsp3) is 0.600. The number of piperidine rings is 1. The van der Waals surface area contributed by atoms with E-state index in [0.29, 0.717) is 0 Å². The summed E-state index contributed by atoms with van der Waals surface area (Å²) in [7, 11) is 0. The van der Waals surface area contributed by atoms with Crippen LogP contribution in [0.15, 0.2) is 18.2 Å². The van der Waals surface area contributed by atoms with Crippen LogP contribution in [-0.4, -0.2) is 18.0 Å². The Bertz CT molecular complexity index is 364. The standard InChI is InChI=1S/C15H23ClN2/c1-2-3-12-4-6-18(7-5-12)11-13-8-14(16)10-15(17)9-13/h8-10,12H,2-7,11,17H2,1H3. The van der Waals surface area contributed by atoms with E-state index in [4.69, 9.17) is 17.3 Å². The molecule has 3 heteroatoms. The Kier molecular flexibility index (Phi) is 4.90. The van der Waals surface area contributed by atoms with Crippen LogP contribution in [0.25, 0.3) is 0 Å². The van der Waals surface area contributed by atoms with Crippen molar-refractivity contribution in [3.05, 3.63) is 28.8 Å². The summed E-state index contributed by atoms with van der Waals surface area (Å²) in [5.74, 6) is 0.940. The first-order chi connectivity index (χ1) is 8.67. The fourth-order valence-electron chi connectivity index (χ4n) is 2.87. The summed E-state index contributed by atoms with van der Waals surface area (Å²) in [6, 6.07) is 5.86. The van der Waals surface area contributed by atoms with Crippen LogP contribution < -0.4 is 5.73 Å². The number of hydrogen-bond donors (Lipinski definition) is 1. The lowest BCUT2D eigenvalue weighted by Gasteiger charge is -2.32. The Morgan fingerprint density at radius 3 is 2.61 bits per heavy atom. The minimum absolute atomic E-state index is 0.742. The highest BCUT2D eigenvalue weighted by atomic mass is 35.5. The summed E-state index contributed by atoms with van der Waals surface area (Å²) in [4.78, 5) is 2.51. The van der Waals surface area contributed by atoms with Crippen molar-refractivity contribution in [1.82, 2.24) is 4.90 Å². The molecule has 2 N–H and O–H groups in total. The van der Waals surface area contributed by atoms with Gasteiger partial charge in [-0.15, -0.1) is 0 Å². The second kappa shape index (κ2) is 6.44. The lowest BCUT2D eigenvalue weighted by atomic mass is 9.92. The third kappa shape index (κ3) is 3.89. The minimum Gasteiger partial charge on any atom is -0.399 e. The molecule has 1 aromatic carbocycles. The second-order valence-electron chi connectivity index (χ2n) is 5.40. The van der Waals surface area contributed by atoms with Gasteiger partial charge in [-0.05, 0) is 55.6 Å². The summed E-state index contributed by atoms with van der Waals surface area (Å²) in [5.41, 5.74) is 7.82. The molecule has 0 atom stereocenters. The van der Waals surface area contributed by atoms with Crippen molar-refractivity contribution in [2.45, 2.75) is 39.2 Å². The number of halogens is 1. The molecule has 0 radical (unpaired) electrons. The summed E-state index contributed by atoms with van der Waals surface area (Å²) in [5, 5.41) is 0.742. The van der Waals surface area contributed by atoms with Gasteiger partial charge < -0.3 is 5.73 Å². The maximum Gasteiger partial charge on any atom is 0.0429 e. The molecular weight excluding hydrogens is 244 g/mol. The normalized spacial score (nSPS) is 18.1. The van der Waals surface area contributed by atoms with E-state index in [2.05, 4.69) is 11.8 Å². The first kappa shape index (κ1) is 13.7. The van der Waals surface area contributed by atoms with E-state index in [1.807, 2.05) is 12.1 Å². The van der Waals surface area contributed by atoms with E-state index in [0.717, 1.165) is 23.2 Å². The van der Waals surface area contributed by atoms with Crippen molar-refractivity contribution in [1.29, 1.82) is 0 Å². The Morgan fingerprint density at radius 2 is 2.00 bits per heavy atom. The summed E-state index contributed by atoms with van der Waals surface area (Å²) < 4.78 is 0. The van der Waals surface area contributed by atoms with E-state index < -0.39 is 0 Å². The highest BCUT2D eigenvalue weighted by molar-refractivity contribution is 6.30. The molecule has 2 nitrogen and oxygen atoms in total. The van der Waals surface area contributed by atoms with Gasteiger partial charge >= 0.3 is 0 Å². The average Bonchev–Trinajstić information content (AvgIpc) is 2.31. The molecule has 2 rings (SSSR count). The number of hydrogen-bond acceptors (Lipinski definition) is 2. The summed E-state index contributed by atoms with van der Waals surface area (Å²) >= 11 is 6.03. The predicted octanol–water partition coefficient (Wildman–Crippen LogP) is 3.93. The number of rotatable bonds is 4. The van der Waals surface area contributed by atoms with Gasteiger partial charge in [0.15, 0.2) is 0 Å². The van der Waals surface area contributed by atoms with Gasteiger partial charge in [-0.1, -0.05) is 31.4 Å². The summed E-state index contributed by atoms with van der Waals surface area (Å²) in [6.45, 7) is 5.67. The Labute approximate surface area is 115 Å². The largest absolute Gasteiger partial charge is 0.399 e. The Morgan fingerprint density at radius 1 is 1.28 bits per heavy atom. The molecule has 0 spiro atoms. The van der Waals surface area contributed by atoms with Crippen molar-refractivity contribution >= 4 is 17.3 Å². The first-order valence-electron chi connectivity index (χ1n) is 6.94. The number of nitrogens with zero attached hydrogens (tertiary/aromatic N) is 1. The van der Waals surface area contributed by atoms with Crippen LogP contribution in [-0.2, 0) is 6.54 Å². The maximum absolute atomic E-state index is 6.03. The quantitative estimate of drug-likeness (QED) is 0.837. The smallest absolute Gasteiger partial charge is 0.0429 e. The van der Waals surface area contributed by atoms with Gasteiger partial charge in [0.25, 0.3) is 0 Å². The van der Waals surface area contributed by atoms with Crippen LogP contribution in [0.1, 0.15) is 38.2 Å². The van der Waals surface area contributed by atoms with E-state index >= 15 is 0 Å². The van der Waals surface area contributed by atoms with Crippen molar-refractivity contribution in [3.8, 4) is 0 Å². The van der Waals surface area contributed by atoms with Gasteiger partial charge in [0.05, 0.1) is 0 Å². The molecule has 1 fully saturated rings. The molecule has 1 aliphatic rings. The van der Waals surface area contributed by atoms with Crippen molar-refractivity contribution in [2.24, 2.45) is 5.92 Å². The van der Waals surface area contributed by atoms with Gasteiger partial charge in [-0.2, -0.15) is 0 Å². The van der Waals surface area contributed by atoms with Gasteiger partial charge in [0.1, 0.15) is 0 Å². The highest BCUT2D eigenvalue weighted by Gasteiger charge is 2.18. The molecule has 1 saturated heterocycles. The summed E-state index contributed by atoms with van der Waals surface area (Å²) in [6.07, 6.45) is 5.38. The molecule has 1 aromatic rings. The lowest BCUT2D eigenvalue weighted by Crippen LogP contribution is -2.33. The van der Waals surface area contributed by atoms with E-state index in [-0.39, 0.29) is 0 Å². The number of likely N-dealkylation sites (tertiary alicyclic amines) is 1. The monoisotopic (exact) mass is 266 g/mol. The number of nitrogens with two attached hydrogens (primary N) is 1. The molecule has 0 amide bonds. The number of benzene rings is 1. The fourth-order valence-corrected chi connectivity index (χ4v) is 3.13. The van der Waals surface area contributed by atoms with Crippen molar-refractivity contribution in [3.63, 3.8) is 0 Å². The van der Waals surface area contributed by atoms with Crippen molar-refractivity contribution < 1.29 is 0 Å². The van der Waals surface area contributed by atoms with Crippen molar-refractivity contribution in [2.75, 3.05) is 18.8 Å². The number of anilines is 1. The Hall–Kier alpha value is -0.730. The van der Waals surface area contributed by atoms with E-state index in [9.17, 15) is 0 Å². The average molecular weight is 267 g/mol. The van der Waals surface area contributed by atoms with Gasteiger partial charge in [-0.3, -0.25) is 4.90 Å². The first-order valence-corrected chi connectivity index (χ1v) is 7.32. The SMILES string of the molecule is CCCC1CCN(Cc2cc(N)cc(Cl)c2)CC1. The van der Waals surface area contributed by atoms with Gasteiger partial charge in [0.2, 0.25) is 0 Å². The molecule has 100 valence electrons. The van der Waals surface area contributed by atoms with E-state index in [1.165, 1.54) is 44.3 Å². The number of nitrogen functional groups attached to an aromatic ring is 1. The molecular formula is C15H23ClN2. The Balaban J connectivity index is 1.87. The molecule has 0 bridgehead atoms. The van der Waals surface area contributed by atoms with Crippen LogP contribution >= 0.6 is 11.6 Å². The zero-order valence-electron chi connectivity index (χ0n) is 11.2. The van der Waals surface area contributed by atoms with Crippen LogP contribution in [0.3, 0.4) is 0 Å². The maximum atomic E-state index is 6.03. The topological polar surface area (TPSA) is 29.3 Å². The van der Waals surface area contributed by atoms with Crippen LogP contribution in [0.2, 0.25) is 5.02 Å². The van der Waals surface area contributed by atoms with E-state index in [1.54, 1.807) is 6.07 Å². The zero-order valence-corrected chi connectivity index (χ0v) is 11.9. The second-order valence-corrected chi connectivity index (χ2v) is 5.84. The third-order valence-corrected chi connectivity index (χ3v) is 4.01. The molecule has 1 aliphatic heterocycles. The molecule has 0 aromatic heterocycles. The molecule has 1 heterocycles. The zero-order chi connectivity index (χ0) is 13.0. The van der Waals surface area contributed by atoms with Gasteiger partial charge in [0, 0.05) is 17.3 Å². The highest BCUT2D eigenvalue weighted by Crippen LogP contribution is 2.24. The molecule has 0 aliphatic carbocycles. The lowest BCUT2D eigenvalue weighted by molar-refractivity contribution is 0.172. The molecule has 0 unspecified atom stereocenters. The molecule has 0 saturated carbocycles. The van der Waals surface area contributed by atoms with Gasteiger partial charge in [-0.25, -0.2) is 0 Å². The predicted molar refractivity (Wildman–Crippen MR) is 78.8 cm³/mol. The molecule has 18 heavy (non-hydrogen) atoms. The van der Waals surface area contributed by atoms with Crippen LogP contribution in [0.5, 0.6) is 0 Å². The third-order valence-electron chi connectivity index (χ3n) is 3.79. The van der Waals surface area contributed by atoms with Crippen LogP contribution in [0, 0.1) is 5.92 Å². The minimum atomic E-state index is 0.742.